The van der Waals surface area contributed by atoms with Gasteiger partial charge < -0.3 is 0 Å². The number of rotatable bonds is 8. The second kappa shape index (κ2) is 12.3. The number of ether oxygens (including phenoxy) is 1. The van der Waals surface area contributed by atoms with Crippen molar-refractivity contribution in [2.45, 2.75) is 120 Å². The Morgan fingerprint density at radius 3 is 2.20 bits per heavy atom. The fraction of sp³-hybridized carbons (Fsp3) is 0.778. The Morgan fingerprint density at radius 1 is 1.05 bits per heavy atom. The summed E-state index contributed by atoms with van der Waals surface area (Å²) in [6, 6.07) is 0. The third kappa shape index (κ3) is 5.78. The molecule has 0 aliphatic carbocycles. The van der Waals surface area contributed by atoms with Crippen molar-refractivity contribution < 1.29 is 22.5 Å². The minimum absolute atomic E-state index is 0.00327. The number of imidazole rings is 1. The molecule has 2 N–H and O–H groups in total. The third-order valence-electron chi connectivity index (χ3n) is 8.36. The first kappa shape index (κ1) is 32.5. The predicted molar refractivity (Wildman–Crippen MR) is 165 cm³/mol. The number of carbonyl (C=O) groups excluding carboxylic acids is 1. The second-order valence-electron chi connectivity index (χ2n) is 12.7. The molecule has 0 radical (unpaired) electrons. The molecule has 2 aromatic rings. The van der Waals surface area contributed by atoms with Crippen molar-refractivity contribution in [2.24, 2.45) is 5.92 Å². The van der Waals surface area contributed by atoms with E-state index in [1.165, 1.54) is 0 Å². The zero-order valence-corrected chi connectivity index (χ0v) is 29.9. The van der Waals surface area contributed by atoms with E-state index in [2.05, 4.69) is 81.5 Å². The van der Waals surface area contributed by atoms with E-state index in [9.17, 15) is 9.59 Å². The van der Waals surface area contributed by atoms with Crippen LogP contribution in [0.5, 0.6) is 0 Å². The summed E-state index contributed by atoms with van der Waals surface area (Å²) in [6.07, 6.45) is 0.624. The normalized spacial score (nSPS) is 26.2. The third-order valence-corrected chi connectivity index (χ3v) is 20.8. The molecule has 230 valence electrons. The van der Waals surface area contributed by atoms with Crippen LogP contribution in [0.15, 0.2) is 11.1 Å². The summed E-state index contributed by atoms with van der Waals surface area (Å²) >= 11 is 0.106. The van der Waals surface area contributed by atoms with Crippen LogP contribution in [0.3, 0.4) is 0 Å². The fourth-order valence-corrected chi connectivity index (χ4v) is 19.4. The van der Waals surface area contributed by atoms with Gasteiger partial charge in [-0.15, -0.1) is 0 Å². The van der Waals surface area contributed by atoms with E-state index in [1.807, 2.05) is 4.57 Å². The molecule has 0 aromatic carbocycles. The molecule has 0 bridgehead atoms. The summed E-state index contributed by atoms with van der Waals surface area (Å²) in [5.41, 5.74) is 1.04. The molecule has 2 saturated heterocycles. The molecule has 2 aliphatic rings. The van der Waals surface area contributed by atoms with Crippen molar-refractivity contribution in [3.63, 3.8) is 0 Å². The van der Waals surface area contributed by atoms with Gasteiger partial charge in [0.2, 0.25) is 0 Å². The number of nitrogens with one attached hydrogen (secondary N) is 2. The summed E-state index contributed by atoms with van der Waals surface area (Å²) in [5.74, 6) is 1.78. The number of hydrogen-bond donors (Lipinski definition) is 2. The first-order valence-corrected chi connectivity index (χ1v) is 21.3. The summed E-state index contributed by atoms with van der Waals surface area (Å²) < 4.78 is 30.2. The standard InChI is InChI=1S/C27H47N5O6SeSi2/c1-14(2)24(33)30-27-29-23-20(25(34)31-27)28-13-32(23)26-22(39-11)21-19(36-26)12-35-40(15(3)4,16(5)6)38-41(37-21,17(7)8)18(9)10/h13-19,21-22,26H,12H2,1-11H3,(H2,29,30,31,33,34)/t19-,21-,22-,26-/m1/s1. The van der Waals surface area contributed by atoms with Crippen LogP contribution < -0.4 is 10.9 Å². The quantitative estimate of drug-likeness (QED) is 0.371. The zero-order valence-electron chi connectivity index (χ0n) is 26.2. The van der Waals surface area contributed by atoms with Gasteiger partial charge in [0.1, 0.15) is 0 Å². The van der Waals surface area contributed by atoms with E-state index < -0.39 is 28.9 Å². The molecule has 14 heteroatoms. The second-order valence-corrected chi connectivity index (χ2v) is 23.7. The molecule has 11 nitrogen and oxygen atoms in total. The van der Waals surface area contributed by atoms with Crippen LogP contribution in [0, 0.1) is 5.92 Å². The first-order chi connectivity index (χ1) is 19.2. The Morgan fingerprint density at radius 2 is 1.66 bits per heavy atom. The van der Waals surface area contributed by atoms with Crippen LogP contribution in [0.1, 0.15) is 75.5 Å². The first-order valence-electron chi connectivity index (χ1n) is 14.7. The van der Waals surface area contributed by atoms with Crippen LogP contribution in [-0.4, -0.2) is 76.3 Å². The molecular weight excluding hydrogens is 625 g/mol. The van der Waals surface area contributed by atoms with Gasteiger partial charge in [0.05, 0.1) is 0 Å². The number of amides is 1. The molecule has 4 rings (SSSR count). The van der Waals surface area contributed by atoms with Crippen molar-refractivity contribution in [3.05, 3.63) is 16.7 Å². The average molecular weight is 673 g/mol. The van der Waals surface area contributed by atoms with Gasteiger partial charge >= 0.3 is 252 Å². The van der Waals surface area contributed by atoms with Crippen molar-refractivity contribution in [1.29, 1.82) is 0 Å². The van der Waals surface area contributed by atoms with Gasteiger partial charge in [0.25, 0.3) is 0 Å². The van der Waals surface area contributed by atoms with Crippen LogP contribution >= 0.6 is 0 Å². The van der Waals surface area contributed by atoms with Gasteiger partial charge in [-0.2, -0.15) is 0 Å². The number of fused-ring (bicyclic) bond motifs is 2. The number of carbonyl (C=O) groups is 1. The van der Waals surface area contributed by atoms with Crippen molar-refractivity contribution in [3.8, 4) is 0 Å². The summed E-state index contributed by atoms with van der Waals surface area (Å²) in [6.45, 7) is 21.6. The number of nitrogens with zero attached hydrogens (tertiary/aromatic N) is 3. The van der Waals surface area contributed by atoms with Crippen molar-refractivity contribution in [2.75, 3.05) is 11.9 Å². The molecule has 2 aliphatic heterocycles. The average Bonchev–Trinajstić information content (AvgIpc) is 3.44. The van der Waals surface area contributed by atoms with E-state index in [4.69, 9.17) is 17.7 Å². The predicted octanol–water partition coefficient (Wildman–Crippen LogP) is 5.11. The molecule has 2 fully saturated rings. The molecule has 4 atom stereocenters. The van der Waals surface area contributed by atoms with Gasteiger partial charge in [-0.25, -0.2) is 0 Å². The number of anilines is 1. The summed E-state index contributed by atoms with van der Waals surface area (Å²) in [7, 11) is -5.52. The molecule has 1 amide bonds. The number of H-pyrrole nitrogens is 1. The van der Waals surface area contributed by atoms with Crippen molar-refractivity contribution in [1.82, 2.24) is 19.5 Å². The van der Waals surface area contributed by atoms with Crippen molar-refractivity contribution >= 4 is 55.1 Å². The van der Waals surface area contributed by atoms with Gasteiger partial charge in [-0.1, -0.05) is 0 Å². The SMILES string of the molecule is C[Se][C@@H]1[C@@H]2O[Si](C(C)C)(C(C)C)O[Si](C(C)C)(C(C)C)OC[C@H]2O[C@H]1n1cnc2c(=O)[nH]c(NC(=O)C(C)C)nc21. The van der Waals surface area contributed by atoms with Crippen LogP contribution in [0.2, 0.25) is 32.8 Å². The topological polar surface area (TPSA) is 130 Å². The summed E-state index contributed by atoms with van der Waals surface area (Å²) in [5, 5.41) is 2.70. The van der Waals surface area contributed by atoms with Crippen LogP contribution in [0.25, 0.3) is 11.2 Å². The minimum atomic E-state index is -2.82. The summed E-state index contributed by atoms with van der Waals surface area (Å²) in [4.78, 5) is 36.9. The van der Waals surface area contributed by atoms with E-state index in [0.717, 1.165) is 0 Å². The van der Waals surface area contributed by atoms with E-state index >= 15 is 0 Å². The van der Waals surface area contributed by atoms with Gasteiger partial charge in [0.15, 0.2) is 0 Å². The zero-order chi connectivity index (χ0) is 30.4. The molecule has 0 spiro atoms. The maximum absolute atomic E-state index is 12.9. The monoisotopic (exact) mass is 673 g/mol. The van der Waals surface area contributed by atoms with Crippen LogP contribution in [0.4, 0.5) is 5.95 Å². The maximum atomic E-state index is 12.9. The Hall–Kier alpha value is -1.39. The molecule has 41 heavy (non-hydrogen) atoms. The fourth-order valence-electron chi connectivity index (χ4n) is 6.03. The van der Waals surface area contributed by atoms with E-state index in [-0.39, 0.29) is 77.4 Å². The van der Waals surface area contributed by atoms with E-state index in [1.54, 1.807) is 20.2 Å². The number of aromatic amines is 1. The molecule has 4 heterocycles. The van der Waals surface area contributed by atoms with Gasteiger partial charge in [0, 0.05) is 0 Å². The van der Waals surface area contributed by atoms with Crippen LogP contribution in [-0.2, 0) is 22.5 Å². The van der Waals surface area contributed by atoms with E-state index in [0.29, 0.717) is 12.3 Å². The number of aromatic nitrogens is 4. The molecule has 0 saturated carbocycles. The Kier molecular flexibility index (Phi) is 9.77. The van der Waals surface area contributed by atoms with Gasteiger partial charge in [-0.3, -0.25) is 0 Å². The molecular formula is C27H47N5O6SeSi2. The number of hydrogen-bond acceptors (Lipinski definition) is 8. The molecule has 2 aromatic heterocycles. The Bertz CT molecular complexity index is 1280. The van der Waals surface area contributed by atoms with Gasteiger partial charge in [-0.05, 0) is 0 Å². The Labute approximate surface area is 251 Å². The molecule has 0 unspecified atom stereocenters. The Balaban J connectivity index is 1.80.